The third kappa shape index (κ3) is 4.25. The summed E-state index contributed by atoms with van der Waals surface area (Å²) in [6.07, 6.45) is 3.37. The molecule has 0 saturated carbocycles. The second-order valence-corrected chi connectivity index (χ2v) is 7.07. The Morgan fingerprint density at radius 3 is 2.70 bits per heavy atom. The van der Waals surface area contributed by atoms with Crippen molar-refractivity contribution >= 4 is 34.7 Å². The maximum atomic E-state index is 12.5. The number of carbonyl (C=O) groups is 2. The fraction of sp³-hybridized carbons (Fsp3) is 0.263. The summed E-state index contributed by atoms with van der Waals surface area (Å²) in [6, 6.07) is 6.36. The summed E-state index contributed by atoms with van der Waals surface area (Å²) in [7, 11) is 0. The highest BCUT2D eigenvalue weighted by Gasteiger charge is 2.14. The van der Waals surface area contributed by atoms with Crippen LogP contribution in [0.5, 0.6) is 0 Å². The van der Waals surface area contributed by atoms with Crippen LogP contribution in [0.25, 0.3) is 5.65 Å². The first-order valence-electron chi connectivity index (χ1n) is 8.55. The van der Waals surface area contributed by atoms with Gasteiger partial charge in [-0.15, -0.1) is 0 Å². The second-order valence-electron chi connectivity index (χ2n) is 6.66. The highest BCUT2D eigenvalue weighted by Crippen LogP contribution is 2.21. The molecule has 0 atom stereocenters. The van der Waals surface area contributed by atoms with Crippen molar-refractivity contribution in [3.05, 3.63) is 58.5 Å². The average molecular weight is 386 g/mol. The molecule has 8 heteroatoms. The van der Waals surface area contributed by atoms with E-state index in [1.807, 2.05) is 20.8 Å². The number of fused-ring (bicyclic) bond motifs is 1. The fourth-order valence-electron chi connectivity index (χ4n) is 2.47. The summed E-state index contributed by atoms with van der Waals surface area (Å²) >= 11 is 6.21. The van der Waals surface area contributed by atoms with Crippen molar-refractivity contribution in [2.24, 2.45) is 5.92 Å². The second kappa shape index (κ2) is 7.75. The van der Waals surface area contributed by atoms with Gasteiger partial charge < -0.3 is 10.6 Å². The molecule has 0 radical (unpaired) electrons. The van der Waals surface area contributed by atoms with E-state index in [0.717, 1.165) is 5.56 Å². The van der Waals surface area contributed by atoms with E-state index in [-0.39, 0.29) is 22.5 Å². The van der Waals surface area contributed by atoms with Crippen molar-refractivity contribution < 1.29 is 9.59 Å². The number of halogens is 1. The third-order valence-electron chi connectivity index (χ3n) is 3.92. The average Bonchev–Trinajstić information content (AvgIpc) is 3.00. The first-order valence-corrected chi connectivity index (χ1v) is 8.93. The molecule has 3 aromatic rings. The van der Waals surface area contributed by atoms with Gasteiger partial charge in [0, 0.05) is 24.0 Å². The molecule has 0 fully saturated rings. The lowest BCUT2D eigenvalue weighted by molar-refractivity contribution is 0.0948. The van der Waals surface area contributed by atoms with Crippen molar-refractivity contribution in [1.29, 1.82) is 0 Å². The minimum absolute atomic E-state index is 0.241. The van der Waals surface area contributed by atoms with E-state index in [2.05, 4.69) is 20.7 Å². The number of hydrogen-bond donors (Lipinski definition) is 2. The Kier molecular flexibility index (Phi) is 5.41. The van der Waals surface area contributed by atoms with Crippen molar-refractivity contribution in [3.63, 3.8) is 0 Å². The SMILES string of the molecule is Cc1cnn2ccc(C(=O)Nc3ccc(C(=O)NCC(C)C)c(Cl)c3)nc12. The number of nitrogens with one attached hydrogen (secondary N) is 2. The van der Waals surface area contributed by atoms with Gasteiger partial charge in [-0.3, -0.25) is 9.59 Å². The van der Waals surface area contributed by atoms with Crippen molar-refractivity contribution in [3.8, 4) is 0 Å². The van der Waals surface area contributed by atoms with E-state index in [4.69, 9.17) is 11.6 Å². The van der Waals surface area contributed by atoms with Gasteiger partial charge in [-0.2, -0.15) is 5.10 Å². The summed E-state index contributed by atoms with van der Waals surface area (Å²) in [6.45, 7) is 6.46. The molecule has 0 aliphatic carbocycles. The Balaban J connectivity index is 1.74. The van der Waals surface area contributed by atoms with Gasteiger partial charge in [0.25, 0.3) is 11.8 Å². The van der Waals surface area contributed by atoms with Crippen LogP contribution in [0.1, 0.15) is 40.3 Å². The summed E-state index contributed by atoms with van der Waals surface area (Å²) in [5.41, 5.74) is 2.62. The third-order valence-corrected chi connectivity index (χ3v) is 4.23. The standard InChI is InChI=1S/C19H20ClN5O2/c1-11(2)9-21-18(26)14-5-4-13(8-15(14)20)23-19(27)16-6-7-25-17(24-16)12(3)10-22-25/h4-8,10-11H,9H2,1-3H3,(H,21,26)(H,23,27). The van der Waals surface area contributed by atoms with Crippen LogP contribution in [0.3, 0.4) is 0 Å². The Hall–Kier alpha value is -2.93. The van der Waals surface area contributed by atoms with Crippen LogP contribution in [0, 0.1) is 12.8 Å². The van der Waals surface area contributed by atoms with E-state index >= 15 is 0 Å². The smallest absolute Gasteiger partial charge is 0.274 e. The number of amides is 2. The molecule has 2 N–H and O–H groups in total. The van der Waals surface area contributed by atoms with Gasteiger partial charge in [0.05, 0.1) is 16.8 Å². The predicted molar refractivity (Wildman–Crippen MR) is 104 cm³/mol. The Bertz CT molecular complexity index is 1010. The minimum Gasteiger partial charge on any atom is -0.352 e. The Labute approximate surface area is 161 Å². The molecule has 2 aromatic heterocycles. The molecule has 2 heterocycles. The lowest BCUT2D eigenvalue weighted by atomic mass is 10.1. The number of benzene rings is 1. The summed E-state index contributed by atoms with van der Waals surface area (Å²) < 4.78 is 1.60. The number of aryl methyl sites for hydroxylation is 1. The van der Waals surface area contributed by atoms with Crippen LogP contribution in [-0.4, -0.2) is 33.0 Å². The van der Waals surface area contributed by atoms with Gasteiger partial charge in [-0.05, 0) is 37.1 Å². The summed E-state index contributed by atoms with van der Waals surface area (Å²) in [5, 5.41) is 9.96. The summed E-state index contributed by atoms with van der Waals surface area (Å²) in [5.74, 6) is -0.267. The molecule has 7 nitrogen and oxygen atoms in total. The molecule has 0 spiro atoms. The lowest BCUT2D eigenvalue weighted by Crippen LogP contribution is -2.27. The predicted octanol–water partition coefficient (Wildman–Crippen LogP) is 3.33. The molecule has 2 amide bonds. The number of carbonyl (C=O) groups excluding carboxylic acids is 2. The largest absolute Gasteiger partial charge is 0.352 e. The van der Waals surface area contributed by atoms with Gasteiger partial charge in [-0.1, -0.05) is 25.4 Å². The fourth-order valence-corrected chi connectivity index (χ4v) is 2.74. The number of aromatic nitrogens is 3. The van der Waals surface area contributed by atoms with E-state index < -0.39 is 0 Å². The summed E-state index contributed by atoms with van der Waals surface area (Å²) in [4.78, 5) is 29.0. The molecule has 1 aromatic carbocycles. The van der Waals surface area contributed by atoms with Crippen molar-refractivity contribution in [2.45, 2.75) is 20.8 Å². The first kappa shape index (κ1) is 18.8. The van der Waals surface area contributed by atoms with Crippen LogP contribution in [0.4, 0.5) is 5.69 Å². The zero-order chi connectivity index (χ0) is 19.6. The first-order chi connectivity index (χ1) is 12.8. The zero-order valence-electron chi connectivity index (χ0n) is 15.3. The van der Waals surface area contributed by atoms with Gasteiger partial charge >= 0.3 is 0 Å². The molecular formula is C19H20ClN5O2. The molecule has 0 aliphatic heterocycles. The van der Waals surface area contributed by atoms with E-state index in [1.54, 1.807) is 41.2 Å². The Morgan fingerprint density at radius 1 is 1.22 bits per heavy atom. The maximum Gasteiger partial charge on any atom is 0.274 e. The van der Waals surface area contributed by atoms with E-state index in [9.17, 15) is 9.59 Å². The number of hydrogen-bond acceptors (Lipinski definition) is 4. The van der Waals surface area contributed by atoms with Crippen molar-refractivity contribution in [1.82, 2.24) is 19.9 Å². The minimum atomic E-state index is -0.369. The topological polar surface area (TPSA) is 88.4 Å². The molecule has 3 rings (SSSR count). The number of nitrogens with zero attached hydrogens (tertiary/aromatic N) is 3. The van der Waals surface area contributed by atoms with Crippen LogP contribution in [0.2, 0.25) is 5.02 Å². The Morgan fingerprint density at radius 2 is 2.00 bits per heavy atom. The zero-order valence-corrected chi connectivity index (χ0v) is 16.0. The molecular weight excluding hydrogens is 366 g/mol. The van der Waals surface area contributed by atoms with E-state index in [1.165, 1.54) is 0 Å². The quantitative estimate of drug-likeness (QED) is 0.705. The number of anilines is 1. The van der Waals surface area contributed by atoms with Crippen molar-refractivity contribution in [2.75, 3.05) is 11.9 Å². The van der Waals surface area contributed by atoms with Gasteiger partial charge in [0.1, 0.15) is 5.69 Å². The van der Waals surface area contributed by atoms with Gasteiger partial charge in [0.2, 0.25) is 0 Å². The van der Waals surface area contributed by atoms with Crippen LogP contribution in [0.15, 0.2) is 36.7 Å². The molecule has 0 saturated heterocycles. The van der Waals surface area contributed by atoms with E-state index in [0.29, 0.717) is 29.4 Å². The van der Waals surface area contributed by atoms with Crippen LogP contribution >= 0.6 is 11.6 Å². The lowest BCUT2D eigenvalue weighted by Gasteiger charge is -2.10. The number of rotatable bonds is 5. The van der Waals surface area contributed by atoms with Gasteiger partial charge in [-0.25, -0.2) is 9.50 Å². The van der Waals surface area contributed by atoms with Crippen LogP contribution in [-0.2, 0) is 0 Å². The molecule has 0 bridgehead atoms. The molecule has 140 valence electrons. The van der Waals surface area contributed by atoms with Crippen LogP contribution < -0.4 is 10.6 Å². The highest BCUT2D eigenvalue weighted by molar-refractivity contribution is 6.34. The molecule has 27 heavy (non-hydrogen) atoms. The molecule has 0 aliphatic rings. The maximum absolute atomic E-state index is 12.5. The molecule has 0 unspecified atom stereocenters. The highest BCUT2D eigenvalue weighted by atomic mass is 35.5. The normalized spacial score (nSPS) is 11.0. The van der Waals surface area contributed by atoms with Gasteiger partial charge in [0.15, 0.2) is 5.65 Å². The monoisotopic (exact) mass is 385 g/mol.